The minimum Gasteiger partial charge on any atom is -0.508 e. The van der Waals surface area contributed by atoms with Crippen molar-refractivity contribution in [3.63, 3.8) is 0 Å². The van der Waals surface area contributed by atoms with Crippen LogP contribution >= 0.6 is 0 Å². The average molecular weight is 451 g/mol. The number of nitrogens with zero attached hydrogens (tertiary/aromatic N) is 2. The molecular formula is C24H22N2O5S. The number of hydrogen-bond acceptors (Lipinski definition) is 6. The molecule has 4 rings (SSSR count). The molecule has 0 fully saturated rings. The van der Waals surface area contributed by atoms with Crippen molar-refractivity contribution < 1.29 is 23.0 Å². The molecule has 0 amide bonds. The van der Waals surface area contributed by atoms with E-state index in [4.69, 9.17) is 9.47 Å². The Morgan fingerprint density at radius 1 is 1.06 bits per heavy atom. The predicted molar refractivity (Wildman–Crippen MR) is 123 cm³/mol. The van der Waals surface area contributed by atoms with Crippen LogP contribution in [0.2, 0.25) is 0 Å². The normalized spacial score (nSPS) is 11.8. The molecular weight excluding hydrogens is 428 g/mol. The Morgan fingerprint density at radius 2 is 1.84 bits per heavy atom. The number of methoxy groups -OCH3 is 1. The second-order valence-electron chi connectivity index (χ2n) is 7.11. The van der Waals surface area contributed by atoms with E-state index in [9.17, 15) is 13.5 Å². The summed E-state index contributed by atoms with van der Waals surface area (Å²) >= 11 is 0. The van der Waals surface area contributed by atoms with Gasteiger partial charge in [-0.3, -0.25) is 0 Å². The first-order chi connectivity index (χ1) is 15.4. The fourth-order valence-electron chi connectivity index (χ4n) is 3.19. The third-order valence-corrected chi connectivity index (χ3v) is 6.54. The van der Waals surface area contributed by atoms with Crippen LogP contribution in [0.5, 0.6) is 17.4 Å². The summed E-state index contributed by atoms with van der Waals surface area (Å²) in [6.45, 7) is 1.89. The summed E-state index contributed by atoms with van der Waals surface area (Å²) < 4.78 is 38.6. The second kappa shape index (κ2) is 8.76. The molecule has 0 saturated heterocycles. The van der Waals surface area contributed by atoms with Gasteiger partial charge in [-0.25, -0.2) is 0 Å². The number of hydrogen-bond donors (Lipinski definition) is 1. The molecule has 0 aliphatic rings. The van der Waals surface area contributed by atoms with Crippen molar-refractivity contribution in [2.24, 2.45) is 0 Å². The molecule has 0 unspecified atom stereocenters. The number of fused-ring (bicyclic) bond motifs is 1. The molecule has 8 heteroatoms. The highest BCUT2D eigenvalue weighted by Gasteiger charge is 2.24. The zero-order valence-electron chi connectivity index (χ0n) is 17.6. The van der Waals surface area contributed by atoms with E-state index in [1.807, 2.05) is 42.5 Å². The number of benzene rings is 3. The van der Waals surface area contributed by atoms with E-state index in [2.05, 4.69) is 5.10 Å². The molecule has 3 aromatic carbocycles. The lowest BCUT2D eigenvalue weighted by Gasteiger charge is -2.07. The zero-order valence-corrected chi connectivity index (χ0v) is 18.4. The fraction of sp³-hybridized carbons (Fsp3) is 0.125. The molecule has 0 radical (unpaired) electrons. The Kier molecular flexibility index (Phi) is 5.87. The molecule has 32 heavy (non-hydrogen) atoms. The number of phenols is 1. The zero-order chi connectivity index (χ0) is 22.7. The summed E-state index contributed by atoms with van der Waals surface area (Å²) in [6.07, 6.45) is 3.73. The third kappa shape index (κ3) is 4.17. The molecule has 0 spiro atoms. The van der Waals surface area contributed by atoms with Crippen molar-refractivity contribution >= 4 is 27.0 Å². The van der Waals surface area contributed by atoms with Gasteiger partial charge in [0.25, 0.3) is 10.0 Å². The smallest absolute Gasteiger partial charge is 0.283 e. The van der Waals surface area contributed by atoms with Crippen LogP contribution in [-0.2, 0) is 10.0 Å². The second-order valence-corrected chi connectivity index (χ2v) is 8.88. The number of aryl methyl sites for hydroxylation is 1. The standard InChI is InChI=1S/C24H22N2O5S/c1-17-10-12-20(16-23(17)27)32(28,29)26-22-13-11-19(30-2)15-21(22)24(25-26)31-14-6-9-18-7-4-3-5-8-18/h3-13,15-16,27H,14H2,1-2H3. The van der Waals surface area contributed by atoms with E-state index in [1.165, 1.54) is 19.2 Å². The van der Waals surface area contributed by atoms with Gasteiger partial charge in [0.1, 0.15) is 18.1 Å². The van der Waals surface area contributed by atoms with Crippen molar-refractivity contribution in [1.82, 2.24) is 9.19 Å². The van der Waals surface area contributed by atoms with Crippen LogP contribution in [0, 0.1) is 6.92 Å². The van der Waals surface area contributed by atoms with E-state index in [-0.39, 0.29) is 23.1 Å². The van der Waals surface area contributed by atoms with Crippen LogP contribution in [0.15, 0.2) is 77.7 Å². The van der Waals surface area contributed by atoms with Gasteiger partial charge < -0.3 is 14.6 Å². The van der Waals surface area contributed by atoms with Gasteiger partial charge in [0.05, 0.1) is 22.9 Å². The topological polar surface area (TPSA) is 90.7 Å². The van der Waals surface area contributed by atoms with E-state index in [0.29, 0.717) is 22.2 Å². The van der Waals surface area contributed by atoms with Crippen molar-refractivity contribution in [3.05, 3.63) is 83.9 Å². The highest BCUT2D eigenvalue weighted by molar-refractivity contribution is 7.90. The lowest BCUT2D eigenvalue weighted by Crippen LogP contribution is -2.14. The minimum atomic E-state index is -4.07. The molecule has 7 nitrogen and oxygen atoms in total. The largest absolute Gasteiger partial charge is 0.508 e. The number of aromatic nitrogens is 2. The molecule has 164 valence electrons. The highest BCUT2D eigenvalue weighted by atomic mass is 32.2. The molecule has 0 saturated carbocycles. The van der Waals surface area contributed by atoms with E-state index in [1.54, 1.807) is 31.2 Å². The molecule has 1 heterocycles. The van der Waals surface area contributed by atoms with E-state index in [0.717, 1.165) is 9.65 Å². The van der Waals surface area contributed by atoms with Crippen LogP contribution in [0.4, 0.5) is 0 Å². The first kappa shape index (κ1) is 21.5. The first-order valence-corrected chi connectivity index (χ1v) is 11.3. The van der Waals surface area contributed by atoms with Gasteiger partial charge in [0.2, 0.25) is 5.88 Å². The Bertz CT molecular complexity index is 1390. The maximum Gasteiger partial charge on any atom is 0.283 e. The number of rotatable bonds is 7. The summed E-state index contributed by atoms with van der Waals surface area (Å²) in [7, 11) is -2.54. The maximum atomic E-state index is 13.3. The fourth-order valence-corrected chi connectivity index (χ4v) is 4.49. The lowest BCUT2D eigenvalue weighted by atomic mass is 10.2. The van der Waals surface area contributed by atoms with Gasteiger partial charge in [-0.15, -0.1) is 9.19 Å². The quantitative estimate of drug-likeness (QED) is 0.449. The molecule has 0 atom stereocenters. The molecule has 0 bridgehead atoms. The molecule has 4 aromatic rings. The predicted octanol–water partition coefficient (Wildman–Crippen LogP) is 4.39. The molecule has 1 N–H and O–H groups in total. The van der Waals surface area contributed by atoms with E-state index >= 15 is 0 Å². The SMILES string of the molecule is COc1ccc2c(c1)c(OCC=Cc1ccccc1)nn2S(=O)(=O)c1ccc(C)c(O)c1. The van der Waals surface area contributed by atoms with Gasteiger partial charge in [0.15, 0.2) is 0 Å². The Balaban J connectivity index is 1.72. The number of phenolic OH excluding ortho intramolecular Hbond substituents is 1. The van der Waals surface area contributed by atoms with Gasteiger partial charge in [-0.05, 0) is 48.4 Å². The lowest BCUT2D eigenvalue weighted by molar-refractivity contribution is 0.350. The molecule has 0 aliphatic carbocycles. The van der Waals surface area contributed by atoms with Crippen LogP contribution < -0.4 is 9.47 Å². The summed E-state index contributed by atoms with van der Waals surface area (Å²) in [5.41, 5.74) is 1.94. The van der Waals surface area contributed by atoms with Crippen molar-refractivity contribution in [1.29, 1.82) is 0 Å². The Hall–Kier alpha value is -3.78. The monoisotopic (exact) mass is 450 g/mol. The van der Waals surface area contributed by atoms with Gasteiger partial charge in [0, 0.05) is 6.07 Å². The highest BCUT2D eigenvalue weighted by Crippen LogP contribution is 2.32. The van der Waals surface area contributed by atoms with Gasteiger partial charge in [-0.2, -0.15) is 8.42 Å². The maximum absolute atomic E-state index is 13.3. The van der Waals surface area contributed by atoms with E-state index < -0.39 is 10.0 Å². The van der Waals surface area contributed by atoms with Crippen LogP contribution in [0.1, 0.15) is 11.1 Å². The Labute approximate surface area is 186 Å². The van der Waals surface area contributed by atoms with Gasteiger partial charge in [-0.1, -0.05) is 42.5 Å². The summed E-state index contributed by atoms with van der Waals surface area (Å²) in [5.74, 6) is 0.607. The Morgan fingerprint density at radius 3 is 2.56 bits per heavy atom. The van der Waals surface area contributed by atoms with Crippen LogP contribution in [-0.4, -0.2) is 36.4 Å². The van der Waals surface area contributed by atoms with Crippen molar-refractivity contribution in [3.8, 4) is 17.4 Å². The first-order valence-electron chi connectivity index (χ1n) is 9.86. The van der Waals surface area contributed by atoms with Crippen molar-refractivity contribution in [2.75, 3.05) is 13.7 Å². The number of aromatic hydroxyl groups is 1. The minimum absolute atomic E-state index is 0.0728. The summed E-state index contributed by atoms with van der Waals surface area (Å²) in [4.78, 5) is -0.0728. The van der Waals surface area contributed by atoms with Crippen LogP contribution in [0.25, 0.3) is 17.0 Å². The van der Waals surface area contributed by atoms with Crippen molar-refractivity contribution in [2.45, 2.75) is 11.8 Å². The summed E-state index contributed by atoms with van der Waals surface area (Å²) in [6, 6.07) is 18.9. The third-order valence-electron chi connectivity index (χ3n) is 4.95. The van der Waals surface area contributed by atoms with Crippen LogP contribution in [0.3, 0.4) is 0 Å². The van der Waals surface area contributed by atoms with Gasteiger partial charge >= 0.3 is 0 Å². The molecule has 1 aromatic heterocycles. The number of ether oxygens (including phenoxy) is 2. The molecule has 0 aliphatic heterocycles. The average Bonchev–Trinajstić information content (AvgIpc) is 3.17. The summed E-state index contributed by atoms with van der Waals surface area (Å²) in [5, 5.41) is 14.7.